The van der Waals surface area contributed by atoms with Gasteiger partial charge in [0, 0.05) is 34.9 Å². The van der Waals surface area contributed by atoms with Crippen LogP contribution in [0.25, 0.3) is 17.0 Å². The normalized spacial score (nSPS) is 11.0. The molecule has 6 heteroatoms. The first-order valence-corrected chi connectivity index (χ1v) is 8.26. The van der Waals surface area contributed by atoms with E-state index in [0.29, 0.717) is 24.2 Å². The van der Waals surface area contributed by atoms with Crippen molar-refractivity contribution in [1.29, 1.82) is 10.5 Å². The number of aromatic nitrogens is 1. The quantitative estimate of drug-likeness (QED) is 0.547. The van der Waals surface area contributed by atoms with Gasteiger partial charge in [-0.3, -0.25) is 4.79 Å². The third-order valence-electron chi connectivity index (χ3n) is 4.05. The second-order valence-corrected chi connectivity index (χ2v) is 5.83. The Morgan fingerprint density at radius 1 is 1.15 bits per heavy atom. The van der Waals surface area contributed by atoms with Gasteiger partial charge in [-0.15, -0.1) is 0 Å². The number of hydrogen-bond acceptors (Lipinski definition) is 3. The molecule has 1 N–H and O–H groups in total. The van der Waals surface area contributed by atoms with Crippen LogP contribution in [0.4, 0.5) is 10.1 Å². The van der Waals surface area contributed by atoms with E-state index in [9.17, 15) is 14.4 Å². The molecule has 0 aliphatic heterocycles. The van der Waals surface area contributed by atoms with Crippen LogP contribution in [0.15, 0.2) is 60.3 Å². The second kappa shape index (κ2) is 7.99. The van der Waals surface area contributed by atoms with Crippen LogP contribution in [0.5, 0.6) is 0 Å². The molecule has 0 saturated carbocycles. The molecule has 0 saturated heterocycles. The van der Waals surface area contributed by atoms with Crippen LogP contribution in [-0.2, 0) is 11.3 Å². The summed E-state index contributed by atoms with van der Waals surface area (Å²) in [6, 6.07) is 16.9. The fourth-order valence-corrected chi connectivity index (χ4v) is 2.78. The number of benzene rings is 2. The van der Waals surface area contributed by atoms with Crippen molar-refractivity contribution in [2.75, 3.05) is 5.32 Å². The molecule has 3 aromatic rings. The average Bonchev–Trinajstić information content (AvgIpc) is 3.04. The van der Waals surface area contributed by atoms with Crippen LogP contribution in [-0.4, -0.2) is 10.5 Å². The highest BCUT2D eigenvalue weighted by Crippen LogP contribution is 2.24. The van der Waals surface area contributed by atoms with E-state index < -0.39 is 11.7 Å². The van der Waals surface area contributed by atoms with E-state index in [-0.39, 0.29) is 5.57 Å². The van der Waals surface area contributed by atoms with Crippen LogP contribution >= 0.6 is 0 Å². The molecule has 0 aliphatic rings. The first-order valence-electron chi connectivity index (χ1n) is 8.26. The molecular formula is C21H15FN4O. The molecule has 1 amide bonds. The molecular weight excluding hydrogens is 343 g/mol. The molecule has 1 heterocycles. The molecule has 0 bridgehead atoms. The molecule has 2 aromatic carbocycles. The molecule has 0 fully saturated rings. The highest BCUT2D eigenvalue weighted by Gasteiger charge is 2.13. The molecule has 1 aromatic heterocycles. The number of carbonyl (C=O) groups is 1. The molecule has 0 unspecified atom stereocenters. The zero-order chi connectivity index (χ0) is 19.2. The zero-order valence-electron chi connectivity index (χ0n) is 14.3. The van der Waals surface area contributed by atoms with Gasteiger partial charge in [0.25, 0.3) is 5.91 Å². The van der Waals surface area contributed by atoms with E-state index in [1.165, 1.54) is 30.3 Å². The Kier molecular flexibility index (Phi) is 5.30. The van der Waals surface area contributed by atoms with Crippen LogP contribution in [0.1, 0.15) is 12.0 Å². The van der Waals surface area contributed by atoms with Crippen LogP contribution in [0.3, 0.4) is 0 Å². The SMILES string of the molecule is N#CCCn1cc(/C=C(\C#N)C(=O)Nc2ccc(F)cc2)c2ccccc21. The van der Waals surface area contributed by atoms with Crippen molar-refractivity contribution in [3.63, 3.8) is 0 Å². The molecule has 0 spiro atoms. The van der Waals surface area contributed by atoms with Gasteiger partial charge in [0.05, 0.1) is 12.5 Å². The number of nitriles is 2. The van der Waals surface area contributed by atoms with Gasteiger partial charge < -0.3 is 9.88 Å². The largest absolute Gasteiger partial charge is 0.346 e. The van der Waals surface area contributed by atoms with Crippen molar-refractivity contribution >= 4 is 28.6 Å². The Bertz CT molecular complexity index is 1100. The van der Waals surface area contributed by atoms with Gasteiger partial charge in [-0.25, -0.2) is 4.39 Å². The van der Waals surface area contributed by atoms with Gasteiger partial charge in [0.2, 0.25) is 0 Å². The third kappa shape index (κ3) is 4.02. The maximum Gasteiger partial charge on any atom is 0.266 e. The Morgan fingerprint density at radius 2 is 1.89 bits per heavy atom. The maximum atomic E-state index is 13.0. The Hall–Kier alpha value is -3.90. The van der Waals surface area contributed by atoms with Crippen molar-refractivity contribution in [3.05, 3.63) is 71.7 Å². The summed E-state index contributed by atoms with van der Waals surface area (Å²) < 4.78 is 14.9. The highest BCUT2D eigenvalue weighted by molar-refractivity contribution is 6.10. The topological polar surface area (TPSA) is 81.6 Å². The second-order valence-electron chi connectivity index (χ2n) is 5.83. The van der Waals surface area contributed by atoms with Crippen LogP contribution in [0, 0.1) is 28.5 Å². The van der Waals surface area contributed by atoms with Crippen molar-refractivity contribution in [3.8, 4) is 12.1 Å². The monoisotopic (exact) mass is 358 g/mol. The van der Waals surface area contributed by atoms with E-state index in [1.807, 2.05) is 41.1 Å². The molecule has 132 valence electrons. The first kappa shape index (κ1) is 17.9. The van der Waals surface area contributed by atoms with E-state index in [4.69, 9.17) is 5.26 Å². The maximum absolute atomic E-state index is 13.0. The average molecular weight is 358 g/mol. The fraction of sp³-hybridized carbons (Fsp3) is 0.0952. The summed E-state index contributed by atoms with van der Waals surface area (Å²) in [5.41, 5.74) is 1.98. The summed E-state index contributed by atoms with van der Waals surface area (Å²) in [6.07, 6.45) is 3.70. The lowest BCUT2D eigenvalue weighted by Gasteiger charge is -2.03. The molecule has 0 radical (unpaired) electrons. The number of anilines is 1. The standard InChI is InChI=1S/C21H15FN4O/c22-17-6-8-18(9-7-17)25-21(27)15(13-24)12-16-14-26(11-3-10-23)20-5-2-1-4-19(16)20/h1-2,4-9,12,14H,3,11H2,(H,25,27)/b15-12+. The Morgan fingerprint density at radius 3 is 2.59 bits per heavy atom. The number of fused-ring (bicyclic) bond motifs is 1. The van der Waals surface area contributed by atoms with Crippen molar-refractivity contribution in [1.82, 2.24) is 4.57 Å². The Balaban J connectivity index is 1.93. The summed E-state index contributed by atoms with van der Waals surface area (Å²) in [6.45, 7) is 0.522. The number of aryl methyl sites for hydroxylation is 1. The minimum Gasteiger partial charge on any atom is -0.346 e. The number of amides is 1. The minimum absolute atomic E-state index is 0.0671. The van der Waals surface area contributed by atoms with E-state index in [2.05, 4.69) is 11.4 Å². The molecule has 0 atom stereocenters. The van der Waals surface area contributed by atoms with E-state index in [1.54, 1.807) is 0 Å². The third-order valence-corrected chi connectivity index (χ3v) is 4.05. The lowest BCUT2D eigenvalue weighted by molar-refractivity contribution is -0.112. The molecule has 0 aliphatic carbocycles. The number of hydrogen-bond donors (Lipinski definition) is 1. The summed E-state index contributed by atoms with van der Waals surface area (Å²) in [7, 11) is 0. The predicted molar refractivity (Wildman–Crippen MR) is 101 cm³/mol. The van der Waals surface area contributed by atoms with Gasteiger partial charge in [0.1, 0.15) is 17.5 Å². The number of para-hydroxylation sites is 1. The van der Waals surface area contributed by atoms with E-state index >= 15 is 0 Å². The first-order chi connectivity index (χ1) is 13.1. The fourth-order valence-electron chi connectivity index (χ4n) is 2.78. The Labute approximate surface area is 155 Å². The number of carbonyl (C=O) groups excluding carboxylic acids is 1. The predicted octanol–water partition coefficient (Wildman–Crippen LogP) is 4.24. The number of rotatable bonds is 5. The van der Waals surface area contributed by atoms with Crippen molar-refractivity contribution in [2.45, 2.75) is 13.0 Å². The smallest absolute Gasteiger partial charge is 0.266 e. The van der Waals surface area contributed by atoms with Gasteiger partial charge in [-0.1, -0.05) is 18.2 Å². The van der Waals surface area contributed by atoms with Gasteiger partial charge in [0.15, 0.2) is 0 Å². The van der Waals surface area contributed by atoms with Crippen molar-refractivity contribution in [2.24, 2.45) is 0 Å². The lowest BCUT2D eigenvalue weighted by atomic mass is 10.1. The van der Waals surface area contributed by atoms with Gasteiger partial charge in [-0.2, -0.15) is 10.5 Å². The summed E-state index contributed by atoms with van der Waals surface area (Å²) >= 11 is 0. The minimum atomic E-state index is -0.571. The summed E-state index contributed by atoms with van der Waals surface area (Å²) in [4.78, 5) is 12.4. The number of halogens is 1. The van der Waals surface area contributed by atoms with E-state index in [0.717, 1.165) is 10.9 Å². The number of nitrogens with one attached hydrogen (secondary N) is 1. The van der Waals surface area contributed by atoms with Crippen molar-refractivity contribution < 1.29 is 9.18 Å². The zero-order valence-corrected chi connectivity index (χ0v) is 14.3. The van der Waals surface area contributed by atoms with Gasteiger partial charge in [-0.05, 0) is 36.4 Å². The number of nitrogens with zero attached hydrogens (tertiary/aromatic N) is 3. The van der Waals surface area contributed by atoms with Gasteiger partial charge >= 0.3 is 0 Å². The molecule has 5 nitrogen and oxygen atoms in total. The summed E-state index contributed by atoms with van der Waals surface area (Å²) in [5.74, 6) is -0.979. The van der Waals surface area contributed by atoms with Crippen LogP contribution < -0.4 is 5.32 Å². The molecule has 27 heavy (non-hydrogen) atoms. The van der Waals surface area contributed by atoms with Crippen LogP contribution in [0.2, 0.25) is 0 Å². The summed E-state index contributed by atoms with van der Waals surface area (Å²) in [5, 5.41) is 21.7. The highest BCUT2D eigenvalue weighted by atomic mass is 19.1. The lowest BCUT2D eigenvalue weighted by Crippen LogP contribution is -2.13. The molecule has 3 rings (SSSR count).